The summed E-state index contributed by atoms with van der Waals surface area (Å²) in [5.41, 5.74) is 2.69. The lowest BCUT2D eigenvalue weighted by Crippen LogP contribution is -2.47. The van der Waals surface area contributed by atoms with Crippen molar-refractivity contribution in [3.05, 3.63) is 65.0 Å². The zero-order chi connectivity index (χ0) is 21.0. The van der Waals surface area contributed by atoms with Crippen LogP contribution in [-0.4, -0.2) is 74.6 Å². The van der Waals surface area contributed by atoms with Crippen LogP contribution in [0.15, 0.2) is 54.6 Å². The van der Waals surface area contributed by atoms with E-state index in [-0.39, 0.29) is 5.91 Å². The molecule has 2 aliphatic rings. The third-order valence-electron chi connectivity index (χ3n) is 6.43. The molecule has 2 fully saturated rings. The zero-order valence-corrected chi connectivity index (χ0v) is 18.7. The first-order valence-corrected chi connectivity index (χ1v) is 12.1. The molecule has 3 aromatic rings. The van der Waals surface area contributed by atoms with Gasteiger partial charge in [0.25, 0.3) is 5.91 Å². The Morgan fingerprint density at radius 1 is 0.903 bits per heavy atom. The normalized spacial score (nSPS) is 17.9. The van der Waals surface area contributed by atoms with Crippen molar-refractivity contribution in [1.82, 2.24) is 15.1 Å². The van der Waals surface area contributed by atoms with Gasteiger partial charge in [-0.15, -0.1) is 11.3 Å². The number of nitrogens with zero attached hydrogens (tertiary/aromatic N) is 3. The summed E-state index contributed by atoms with van der Waals surface area (Å²) in [6.07, 6.45) is 1.11. The summed E-state index contributed by atoms with van der Waals surface area (Å²) in [7, 11) is 0. The van der Waals surface area contributed by atoms with Gasteiger partial charge in [0.1, 0.15) is 0 Å². The Bertz CT molecular complexity index is 1020. The lowest BCUT2D eigenvalue weighted by molar-refractivity contribution is 0.0741. The third-order valence-corrected chi connectivity index (χ3v) is 7.51. The minimum absolute atomic E-state index is 0.180. The van der Waals surface area contributed by atoms with Crippen LogP contribution in [-0.2, 0) is 6.42 Å². The molecular weight excluding hydrogens is 404 g/mol. The maximum Gasteiger partial charge on any atom is 0.264 e. The topological polar surface area (TPSA) is 38.8 Å². The van der Waals surface area contributed by atoms with Crippen LogP contribution in [0.1, 0.15) is 15.2 Å². The van der Waals surface area contributed by atoms with Gasteiger partial charge in [0.05, 0.1) is 4.88 Å². The van der Waals surface area contributed by atoms with Crippen molar-refractivity contribution in [1.29, 1.82) is 0 Å². The van der Waals surface area contributed by atoms with Crippen LogP contribution < -0.4 is 10.2 Å². The van der Waals surface area contributed by atoms with Gasteiger partial charge >= 0.3 is 0 Å². The minimum Gasteiger partial charge on any atom is -0.368 e. The molecule has 162 valence electrons. The lowest BCUT2D eigenvalue weighted by Gasteiger charge is -2.36. The van der Waals surface area contributed by atoms with Crippen molar-refractivity contribution in [2.45, 2.75) is 6.42 Å². The largest absolute Gasteiger partial charge is 0.368 e. The first kappa shape index (κ1) is 20.5. The standard InChI is InChI=1S/C25H30N4OS/c30-25(29-13-10-26-11-14-29)24-19-21-22(7-4-8-23(21)31-24)28-17-15-27(16-18-28)12-9-20-5-2-1-3-6-20/h1-8,19,26H,9-18H2. The molecule has 2 aliphatic heterocycles. The molecule has 0 aliphatic carbocycles. The van der Waals surface area contributed by atoms with Crippen molar-refractivity contribution < 1.29 is 4.79 Å². The first-order chi connectivity index (χ1) is 15.3. The smallest absolute Gasteiger partial charge is 0.264 e. The molecule has 5 nitrogen and oxygen atoms in total. The quantitative estimate of drug-likeness (QED) is 0.669. The highest BCUT2D eigenvalue weighted by Crippen LogP contribution is 2.34. The van der Waals surface area contributed by atoms with Crippen LogP contribution in [0.4, 0.5) is 5.69 Å². The summed E-state index contributed by atoms with van der Waals surface area (Å²) in [5, 5.41) is 4.55. The number of fused-ring (bicyclic) bond motifs is 1. The van der Waals surface area contributed by atoms with Crippen LogP contribution in [0.5, 0.6) is 0 Å². The molecule has 1 aromatic heterocycles. The average molecular weight is 435 g/mol. The maximum atomic E-state index is 13.0. The molecule has 31 heavy (non-hydrogen) atoms. The van der Waals surface area contributed by atoms with Crippen molar-refractivity contribution in [2.75, 3.05) is 63.8 Å². The van der Waals surface area contributed by atoms with E-state index in [1.165, 1.54) is 21.3 Å². The Kier molecular flexibility index (Phi) is 6.20. The molecule has 0 unspecified atom stereocenters. The van der Waals surface area contributed by atoms with Crippen LogP contribution in [0.25, 0.3) is 10.1 Å². The number of rotatable bonds is 5. The van der Waals surface area contributed by atoms with E-state index in [0.717, 1.165) is 70.2 Å². The number of hydrogen-bond acceptors (Lipinski definition) is 5. The highest BCUT2D eigenvalue weighted by Gasteiger charge is 2.23. The van der Waals surface area contributed by atoms with E-state index in [0.29, 0.717) is 0 Å². The van der Waals surface area contributed by atoms with E-state index in [4.69, 9.17) is 0 Å². The summed E-state index contributed by atoms with van der Waals surface area (Å²) >= 11 is 1.63. The molecule has 1 amide bonds. The number of nitrogens with one attached hydrogen (secondary N) is 1. The van der Waals surface area contributed by atoms with E-state index < -0.39 is 0 Å². The van der Waals surface area contributed by atoms with E-state index in [1.54, 1.807) is 11.3 Å². The number of anilines is 1. The van der Waals surface area contributed by atoms with Gasteiger partial charge in [-0.3, -0.25) is 9.69 Å². The van der Waals surface area contributed by atoms with Gasteiger partial charge in [0.15, 0.2) is 0 Å². The maximum absolute atomic E-state index is 13.0. The van der Waals surface area contributed by atoms with Gasteiger partial charge in [-0.25, -0.2) is 0 Å². The predicted molar refractivity (Wildman–Crippen MR) is 129 cm³/mol. The zero-order valence-electron chi connectivity index (χ0n) is 17.9. The molecule has 2 aromatic carbocycles. The lowest BCUT2D eigenvalue weighted by atomic mass is 10.1. The van der Waals surface area contributed by atoms with Gasteiger partial charge in [-0.1, -0.05) is 36.4 Å². The van der Waals surface area contributed by atoms with Gasteiger partial charge in [0.2, 0.25) is 0 Å². The fourth-order valence-corrected chi connectivity index (χ4v) is 5.64. The molecular formula is C25H30N4OS. The second kappa shape index (κ2) is 9.39. The Hall–Kier alpha value is -2.41. The van der Waals surface area contributed by atoms with Crippen molar-refractivity contribution in [2.24, 2.45) is 0 Å². The van der Waals surface area contributed by atoms with Crippen LogP contribution >= 0.6 is 11.3 Å². The van der Waals surface area contributed by atoms with E-state index in [9.17, 15) is 4.79 Å². The van der Waals surface area contributed by atoms with E-state index in [1.807, 2.05) is 4.90 Å². The van der Waals surface area contributed by atoms with Gasteiger partial charge in [-0.05, 0) is 30.2 Å². The number of piperazine rings is 2. The number of carbonyl (C=O) groups excluding carboxylic acids is 1. The Morgan fingerprint density at radius 2 is 1.68 bits per heavy atom. The average Bonchev–Trinajstić information content (AvgIpc) is 3.28. The van der Waals surface area contributed by atoms with E-state index >= 15 is 0 Å². The Morgan fingerprint density at radius 3 is 2.45 bits per heavy atom. The van der Waals surface area contributed by atoms with Gasteiger partial charge in [-0.2, -0.15) is 0 Å². The molecule has 0 saturated carbocycles. The molecule has 0 atom stereocenters. The second-order valence-corrected chi connectivity index (χ2v) is 9.49. The number of thiophene rings is 1. The fourth-order valence-electron chi connectivity index (χ4n) is 4.59. The number of hydrogen-bond donors (Lipinski definition) is 1. The van der Waals surface area contributed by atoms with Gasteiger partial charge < -0.3 is 15.1 Å². The Balaban J connectivity index is 1.25. The molecule has 1 N–H and O–H groups in total. The molecule has 0 radical (unpaired) electrons. The molecule has 5 rings (SSSR count). The minimum atomic E-state index is 0.180. The van der Waals surface area contributed by atoms with Crippen molar-refractivity contribution >= 4 is 33.0 Å². The Labute approximate surface area is 188 Å². The monoisotopic (exact) mass is 434 g/mol. The van der Waals surface area contributed by atoms with Crippen molar-refractivity contribution in [3.63, 3.8) is 0 Å². The highest BCUT2D eigenvalue weighted by molar-refractivity contribution is 7.20. The number of carbonyl (C=O) groups is 1. The van der Waals surface area contributed by atoms with Crippen LogP contribution in [0, 0.1) is 0 Å². The molecule has 0 spiro atoms. The summed E-state index contributed by atoms with van der Waals surface area (Å²) in [6.45, 7) is 8.71. The second-order valence-electron chi connectivity index (χ2n) is 8.41. The first-order valence-electron chi connectivity index (χ1n) is 11.3. The summed E-state index contributed by atoms with van der Waals surface area (Å²) in [4.78, 5) is 20.9. The number of benzene rings is 2. The molecule has 6 heteroatoms. The summed E-state index contributed by atoms with van der Waals surface area (Å²) in [5.74, 6) is 0.180. The van der Waals surface area contributed by atoms with Crippen LogP contribution in [0.3, 0.4) is 0 Å². The predicted octanol–water partition coefficient (Wildman–Crippen LogP) is 3.31. The third kappa shape index (κ3) is 4.61. The SMILES string of the molecule is O=C(c1cc2c(N3CCN(CCc4ccccc4)CC3)cccc2s1)N1CCNCC1. The summed E-state index contributed by atoms with van der Waals surface area (Å²) in [6, 6.07) is 19.4. The molecule has 3 heterocycles. The molecule has 0 bridgehead atoms. The fraction of sp³-hybridized carbons (Fsp3) is 0.400. The van der Waals surface area contributed by atoms with Crippen LogP contribution in [0.2, 0.25) is 0 Å². The van der Waals surface area contributed by atoms with Gasteiger partial charge in [0, 0.05) is 74.7 Å². The summed E-state index contributed by atoms with van der Waals surface area (Å²) < 4.78 is 1.21. The van der Waals surface area contributed by atoms with Crippen molar-refractivity contribution in [3.8, 4) is 0 Å². The molecule has 2 saturated heterocycles. The highest BCUT2D eigenvalue weighted by atomic mass is 32.1. The number of amides is 1. The van der Waals surface area contributed by atoms with E-state index in [2.05, 4.69) is 69.7 Å².